The molecule has 0 fully saturated rings. The summed E-state index contributed by atoms with van der Waals surface area (Å²) in [5.41, 5.74) is 3.43. The smallest absolute Gasteiger partial charge is 0.449 e. The second-order valence-corrected chi connectivity index (χ2v) is 10.9. The first-order chi connectivity index (χ1) is 24.0. The first-order valence-corrected chi connectivity index (χ1v) is 15.5. The number of esters is 2. The fourth-order valence-electron chi connectivity index (χ4n) is 4.67. The summed E-state index contributed by atoms with van der Waals surface area (Å²) in [4.78, 5) is 54.6. The van der Waals surface area contributed by atoms with E-state index in [0.29, 0.717) is 17.1 Å². The lowest BCUT2D eigenvalue weighted by atomic mass is 9.99. The highest BCUT2D eigenvalue weighted by atomic mass is 19.4. The van der Waals surface area contributed by atoms with Gasteiger partial charge in [-0.1, -0.05) is 91.0 Å². The van der Waals surface area contributed by atoms with Crippen LogP contribution in [0.2, 0.25) is 0 Å². The second kappa shape index (κ2) is 18.1. The van der Waals surface area contributed by atoms with E-state index < -0.39 is 48.6 Å². The van der Waals surface area contributed by atoms with Crippen LogP contribution in [0, 0.1) is 0 Å². The number of alkyl carbamates (subject to hydrolysis) is 1. The molecule has 0 bridgehead atoms. The average Bonchev–Trinajstić information content (AvgIpc) is 3.11. The molecule has 2 atom stereocenters. The summed E-state index contributed by atoms with van der Waals surface area (Å²) in [7, 11) is 1.72. The van der Waals surface area contributed by atoms with Gasteiger partial charge in [-0.3, -0.25) is 9.59 Å². The molecule has 0 aliphatic heterocycles. The Balaban J connectivity index is 1.49. The average molecular weight is 693 g/mol. The SMILES string of the molecule is CNc1cccc(CCOC(=O)NC(COCc2ccccc2)C(=O)NC(CC(=O)OC(=O)C(F)(F)F)c2ccc(-c3ccccc3)cc2)n1. The van der Waals surface area contributed by atoms with Gasteiger partial charge in [0.25, 0.3) is 0 Å². The summed E-state index contributed by atoms with van der Waals surface area (Å²) in [6.07, 6.45) is -6.90. The Hall–Kier alpha value is -5.76. The van der Waals surface area contributed by atoms with E-state index >= 15 is 0 Å². The van der Waals surface area contributed by atoms with Crippen molar-refractivity contribution >= 4 is 29.8 Å². The number of alkyl halides is 3. The summed E-state index contributed by atoms with van der Waals surface area (Å²) in [5, 5.41) is 7.96. The number of hydrogen-bond donors (Lipinski definition) is 3. The molecule has 3 N–H and O–H groups in total. The van der Waals surface area contributed by atoms with Crippen molar-refractivity contribution in [1.29, 1.82) is 0 Å². The lowest BCUT2D eigenvalue weighted by molar-refractivity contribution is -0.202. The molecule has 0 saturated carbocycles. The number of carbonyl (C=O) groups excluding carboxylic acids is 4. The van der Waals surface area contributed by atoms with E-state index in [1.807, 2.05) is 36.4 Å². The predicted octanol–water partition coefficient (Wildman–Crippen LogP) is 5.52. The number of ether oxygens (including phenoxy) is 3. The molecule has 14 heteroatoms. The van der Waals surface area contributed by atoms with Gasteiger partial charge in [-0.15, -0.1) is 0 Å². The number of hydrogen-bond acceptors (Lipinski definition) is 9. The number of nitrogens with one attached hydrogen (secondary N) is 3. The zero-order valence-corrected chi connectivity index (χ0v) is 26.9. The van der Waals surface area contributed by atoms with E-state index in [2.05, 4.69) is 25.7 Å². The van der Waals surface area contributed by atoms with Crippen LogP contribution < -0.4 is 16.0 Å². The van der Waals surface area contributed by atoms with E-state index in [1.54, 1.807) is 73.8 Å². The second-order valence-electron chi connectivity index (χ2n) is 10.9. The van der Waals surface area contributed by atoms with Gasteiger partial charge in [-0.25, -0.2) is 14.6 Å². The number of anilines is 1. The summed E-state index contributed by atoms with van der Waals surface area (Å²) in [5.74, 6) is -4.41. The van der Waals surface area contributed by atoms with Gasteiger partial charge in [-0.2, -0.15) is 13.2 Å². The first kappa shape index (κ1) is 37.1. The topological polar surface area (TPSA) is 145 Å². The van der Waals surface area contributed by atoms with Crippen molar-refractivity contribution in [2.45, 2.75) is 37.7 Å². The Morgan fingerprint density at radius 1 is 0.800 bits per heavy atom. The third kappa shape index (κ3) is 11.7. The quantitative estimate of drug-likeness (QED) is 0.108. The molecule has 1 heterocycles. The maximum absolute atomic E-state index is 13.6. The van der Waals surface area contributed by atoms with Gasteiger partial charge in [0.1, 0.15) is 11.9 Å². The highest BCUT2D eigenvalue weighted by Crippen LogP contribution is 2.25. The summed E-state index contributed by atoms with van der Waals surface area (Å²) in [6.45, 7) is -0.315. The Labute approximate surface area is 286 Å². The van der Waals surface area contributed by atoms with Crippen LogP contribution in [0.25, 0.3) is 11.1 Å². The van der Waals surface area contributed by atoms with Crippen LogP contribution in [-0.2, 0) is 41.6 Å². The van der Waals surface area contributed by atoms with Crippen molar-refractivity contribution in [3.8, 4) is 11.1 Å². The minimum Gasteiger partial charge on any atom is -0.449 e. The van der Waals surface area contributed by atoms with E-state index in [4.69, 9.17) is 9.47 Å². The zero-order chi connectivity index (χ0) is 35.9. The molecular formula is C36H35F3N4O7. The van der Waals surface area contributed by atoms with Crippen LogP contribution >= 0.6 is 0 Å². The molecule has 11 nitrogen and oxygen atoms in total. The van der Waals surface area contributed by atoms with E-state index in [1.165, 1.54) is 0 Å². The van der Waals surface area contributed by atoms with Crippen LogP contribution in [0.5, 0.6) is 0 Å². The number of aromatic nitrogens is 1. The number of nitrogens with zero attached hydrogens (tertiary/aromatic N) is 1. The first-order valence-electron chi connectivity index (χ1n) is 15.5. The fourth-order valence-corrected chi connectivity index (χ4v) is 4.67. The molecule has 0 saturated heterocycles. The minimum atomic E-state index is -5.40. The van der Waals surface area contributed by atoms with Crippen molar-refractivity contribution in [1.82, 2.24) is 15.6 Å². The molecule has 2 amide bonds. The summed E-state index contributed by atoms with van der Waals surface area (Å²) >= 11 is 0. The molecule has 3 aromatic carbocycles. The van der Waals surface area contributed by atoms with E-state index in [-0.39, 0.29) is 26.2 Å². The molecule has 262 valence electrons. The monoisotopic (exact) mass is 692 g/mol. The van der Waals surface area contributed by atoms with Crippen molar-refractivity contribution in [2.24, 2.45) is 0 Å². The Kier molecular flexibility index (Phi) is 13.4. The molecule has 1 aromatic heterocycles. The fraction of sp³-hybridized carbons (Fsp3) is 0.250. The molecule has 4 rings (SSSR count). The Morgan fingerprint density at radius 3 is 2.12 bits per heavy atom. The minimum absolute atomic E-state index is 0.0688. The molecule has 0 aliphatic rings. The summed E-state index contributed by atoms with van der Waals surface area (Å²) < 4.78 is 53.4. The van der Waals surface area contributed by atoms with Crippen molar-refractivity contribution < 1.29 is 46.6 Å². The summed E-state index contributed by atoms with van der Waals surface area (Å²) in [6, 6.07) is 27.6. The third-order valence-corrected chi connectivity index (χ3v) is 7.20. The molecular weight excluding hydrogens is 657 g/mol. The number of benzene rings is 3. The molecule has 50 heavy (non-hydrogen) atoms. The number of halogens is 3. The van der Waals surface area contributed by atoms with Crippen LogP contribution in [0.3, 0.4) is 0 Å². The zero-order valence-electron chi connectivity index (χ0n) is 26.9. The van der Waals surface area contributed by atoms with Gasteiger partial charge in [0, 0.05) is 19.2 Å². The third-order valence-electron chi connectivity index (χ3n) is 7.20. The largest absolute Gasteiger partial charge is 0.491 e. The van der Waals surface area contributed by atoms with Crippen molar-refractivity contribution in [3.05, 3.63) is 120 Å². The van der Waals surface area contributed by atoms with Crippen molar-refractivity contribution in [3.63, 3.8) is 0 Å². The lowest BCUT2D eigenvalue weighted by Gasteiger charge is -2.23. The standard InChI is InChI=1S/C36H35F3N4O7/c1-40-31-14-8-13-28(41-31)19-20-49-35(47)43-30(23-48-22-24-9-4-2-5-10-24)33(45)42-29(21-32(44)50-34(46)36(37,38)39)27-17-15-26(16-18-27)25-11-6-3-7-12-25/h2-18,29-30H,19-23H2,1H3,(H,40,41)(H,42,45)(H,43,47). The molecule has 0 aliphatic carbocycles. The lowest BCUT2D eigenvalue weighted by Crippen LogP contribution is -2.50. The van der Waals surface area contributed by atoms with Gasteiger partial charge in [0.15, 0.2) is 0 Å². The highest BCUT2D eigenvalue weighted by molar-refractivity contribution is 5.90. The number of carbonyl (C=O) groups is 4. The highest BCUT2D eigenvalue weighted by Gasteiger charge is 2.42. The van der Waals surface area contributed by atoms with Gasteiger partial charge in [0.05, 0.1) is 32.3 Å². The number of rotatable bonds is 15. The van der Waals surface area contributed by atoms with Crippen molar-refractivity contribution in [2.75, 3.05) is 25.6 Å². The Bertz CT molecular complexity index is 1720. The molecule has 2 unspecified atom stereocenters. The maximum Gasteiger partial charge on any atom is 0.491 e. The molecule has 0 radical (unpaired) electrons. The normalized spacial score (nSPS) is 12.2. The van der Waals surface area contributed by atoms with Gasteiger partial charge < -0.3 is 30.2 Å². The molecule has 0 spiro atoms. The van der Waals surface area contributed by atoms with Gasteiger partial charge >= 0.3 is 24.2 Å². The van der Waals surface area contributed by atoms with Gasteiger partial charge in [-0.05, 0) is 34.4 Å². The van der Waals surface area contributed by atoms with Crippen LogP contribution in [0.4, 0.5) is 23.8 Å². The number of pyridine rings is 1. The maximum atomic E-state index is 13.6. The Morgan fingerprint density at radius 2 is 1.46 bits per heavy atom. The van der Waals surface area contributed by atoms with E-state index in [0.717, 1.165) is 16.7 Å². The predicted molar refractivity (Wildman–Crippen MR) is 176 cm³/mol. The molecule has 4 aromatic rings. The number of amides is 2. The van der Waals surface area contributed by atoms with E-state index in [9.17, 15) is 32.3 Å². The van der Waals surface area contributed by atoms with Crippen LogP contribution in [0.1, 0.15) is 29.3 Å². The van der Waals surface area contributed by atoms with Crippen LogP contribution in [0.15, 0.2) is 103 Å². The van der Waals surface area contributed by atoms with Gasteiger partial charge in [0.2, 0.25) is 5.91 Å². The van der Waals surface area contributed by atoms with Crippen LogP contribution in [-0.4, -0.2) is 61.4 Å².